The van der Waals surface area contributed by atoms with Gasteiger partial charge >= 0.3 is 17.9 Å². The minimum atomic E-state index is -0.836. The molecule has 0 bridgehead atoms. The van der Waals surface area contributed by atoms with Crippen molar-refractivity contribution in [1.82, 2.24) is 0 Å². The van der Waals surface area contributed by atoms with Crippen molar-refractivity contribution in [2.75, 3.05) is 13.2 Å². The van der Waals surface area contributed by atoms with Crippen LogP contribution in [-0.4, -0.2) is 37.2 Å². The van der Waals surface area contributed by atoms with E-state index in [2.05, 4.69) is 130 Å². The van der Waals surface area contributed by atoms with E-state index in [1.807, 2.05) is 6.08 Å². The van der Waals surface area contributed by atoms with Crippen molar-refractivity contribution in [2.45, 2.75) is 207 Å². The van der Waals surface area contributed by atoms with E-state index in [-0.39, 0.29) is 31.6 Å². The number of hydrogen-bond acceptors (Lipinski definition) is 6. The maximum Gasteiger partial charge on any atom is 0.310 e. The molecule has 1 unspecified atom stereocenters. The van der Waals surface area contributed by atoms with Crippen molar-refractivity contribution in [1.29, 1.82) is 0 Å². The van der Waals surface area contributed by atoms with E-state index in [0.717, 1.165) is 103 Å². The molecule has 1 atom stereocenters. The van der Waals surface area contributed by atoms with Gasteiger partial charge in [-0.1, -0.05) is 213 Å². The molecule has 6 heteroatoms. The molecule has 0 saturated heterocycles. The second-order valence-electron chi connectivity index (χ2n) is 16.0. The van der Waals surface area contributed by atoms with E-state index >= 15 is 0 Å². The first kappa shape index (κ1) is 58.8. The first-order valence-corrected chi connectivity index (χ1v) is 25.0. The molecule has 354 valence electrons. The molecule has 0 aliphatic heterocycles. The van der Waals surface area contributed by atoms with Gasteiger partial charge in [-0.05, 0) is 89.9 Å². The largest absolute Gasteiger partial charge is 0.462 e. The molecule has 0 aliphatic rings. The van der Waals surface area contributed by atoms with Crippen LogP contribution >= 0.6 is 0 Å². The van der Waals surface area contributed by atoms with Crippen LogP contribution in [0.2, 0.25) is 0 Å². The van der Waals surface area contributed by atoms with Crippen LogP contribution in [0.3, 0.4) is 0 Å². The number of rotatable bonds is 43. The lowest BCUT2D eigenvalue weighted by atomic mass is 10.1. The Morgan fingerprint density at radius 1 is 0.349 bits per heavy atom. The molecule has 0 aromatic rings. The van der Waals surface area contributed by atoms with E-state index in [4.69, 9.17) is 14.2 Å². The van der Waals surface area contributed by atoms with Crippen molar-refractivity contribution in [3.8, 4) is 0 Å². The third-order valence-corrected chi connectivity index (χ3v) is 9.99. The highest BCUT2D eigenvalue weighted by Crippen LogP contribution is 2.12. The summed E-state index contributed by atoms with van der Waals surface area (Å²) in [6.45, 7) is 6.25. The van der Waals surface area contributed by atoms with Gasteiger partial charge in [-0.2, -0.15) is 0 Å². The summed E-state index contributed by atoms with van der Waals surface area (Å²) in [6, 6.07) is 0. The first-order chi connectivity index (χ1) is 31.0. The summed E-state index contributed by atoms with van der Waals surface area (Å²) in [7, 11) is 0. The quantitative estimate of drug-likeness (QED) is 0.0263. The van der Waals surface area contributed by atoms with Crippen LogP contribution in [0.5, 0.6) is 0 Å². The molecule has 0 amide bonds. The van der Waals surface area contributed by atoms with Crippen LogP contribution in [-0.2, 0) is 28.6 Å². The number of unbranched alkanes of at least 4 members (excludes halogenated alkanes) is 13. The Kier molecular flexibility index (Phi) is 47.1. The monoisotopic (exact) mass is 871 g/mol. The van der Waals surface area contributed by atoms with Crippen molar-refractivity contribution < 1.29 is 28.6 Å². The lowest BCUT2D eigenvalue weighted by Crippen LogP contribution is -2.30. The predicted molar refractivity (Wildman–Crippen MR) is 269 cm³/mol. The molecule has 0 aliphatic carbocycles. The zero-order chi connectivity index (χ0) is 45.8. The molecule has 6 nitrogen and oxygen atoms in total. The summed E-state index contributed by atoms with van der Waals surface area (Å²) in [4.78, 5) is 37.7. The van der Waals surface area contributed by atoms with Crippen LogP contribution in [0.15, 0.2) is 122 Å². The Morgan fingerprint density at radius 3 is 1.05 bits per heavy atom. The summed E-state index contributed by atoms with van der Waals surface area (Å²) < 4.78 is 16.6. The summed E-state index contributed by atoms with van der Waals surface area (Å²) in [6.07, 6.45) is 69.4. The number of carbonyl (C=O) groups excluding carboxylic acids is 3. The van der Waals surface area contributed by atoms with Crippen molar-refractivity contribution in [3.63, 3.8) is 0 Å². The van der Waals surface area contributed by atoms with Gasteiger partial charge in [-0.3, -0.25) is 14.4 Å². The molecule has 0 aromatic heterocycles. The summed E-state index contributed by atoms with van der Waals surface area (Å²) >= 11 is 0. The Labute approximate surface area is 386 Å². The van der Waals surface area contributed by atoms with Crippen LogP contribution < -0.4 is 0 Å². The zero-order valence-electron chi connectivity index (χ0n) is 40.3. The SMILES string of the molecule is CC/C=C\C/C=C\C/C=C\C/C=C\C/C=C\CCCCCCCCCC(=O)OCC(COC(=O)CCCCCCCCC)OC(=O)C/C=C\C/C=C\C/C=C\C/C=C\C/C=C\CC. The summed E-state index contributed by atoms with van der Waals surface area (Å²) in [5, 5.41) is 0. The van der Waals surface area contributed by atoms with Crippen molar-refractivity contribution in [3.05, 3.63) is 122 Å². The molecular formula is C57H90O6. The van der Waals surface area contributed by atoms with Crippen LogP contribution in [0.25, 0.3) is 0 Å². The zero-order valence-corrected chi connectivity index (χ0v) is 40.3. The molecule has 0 heterocycles. The minimum Gasteiger partial charge on any atom is -0.462 e. The van der Waals surface area contributed by atoms with Gasteiger partial charge < -0.3 is 14.2 Å². The highest BCUT2D eigenvalue weighted by molar-refractivity contribution is 5.72. The third-order valence-electron chi connectivity index (χ3n) is 9.99. The van der Waals surface area contributed by atoms with Gasteiger partial charge in [-0.25, -0.2) is 0 Å². The molecule has 0 radical (unpaired) electrons. The number of allylic oxidation sites excluding steroid dienone is 19. The second-order valence-corrected chi connectivity index (χ2v) is 16.0. The lowest BCUT2D eigenvalue weighted by molar-refractivity contribution is -0.166. The molecule has 63 heavy (non-hydrogen) atoms. The predicted octanol–water partition coefficient (Wildman–Crippen LogP) is 16.5. The molecule has 0 saturated carbocycles. The Morgan fingerprint density at radius 2 is 0.667 bits per heavy atom. The van der Waals surface area contributed by atoms with E-state index in [1.54, 1.807) is 6.08 Å². The van der Waals surface area contributed by atoms with E-state index < -0.39 is 12.1 Å². The molecule has 0 aromatic carbocycles. The molecule has 0 N–H and O–H groups in total. The van der Waals surface area contributed by atoms with Gasteiger partial charge in [0.25, 0.3) is 0 Å². The third kappa shape index (κ3) is 48.7. The van der Waals surface area contributed by atoms with Crippen molar-refractivity contribution >= 4 is 17.9 Å². The van der Waals surface area contributed by atoms with Gasteiger partial charge in [0, 0.05) is 12.8 Å². The molecule has 0 rings (SSSR count). The first-order valence-electron chi connectivity index (χ1n) is 25.0. The average molecular weight is 871 g/mol. The maximum absolute atomic E-state index is 12.7. The average Bonchev–Trinajstić information content (AvgIpc) is 3.28. The van der Waals surface area contributed by atoms with Crippen LogP contribution in [0, 0.1) is 0 Å². The highest BCUT2D eigenvalue weighted by atomic mass is 16.6. The van der Waals surface area contributed by atoms with Crippen molar-refractivity contribution in [2.24, 2.45) is 0 Å². The number of carbonyl (C=O) groups is 3. The second kappa shape index (κ2) is 50.5. The lowest BCUT2D eigenvalue weighted by Gasteiger charge is -2.18. The van der Waals surface area contributed by atoms with Gasteiger partial charge in [0.1, 0.15) is 13.2 Å². The number of ether oxygens (including phenoxy) is 3. The molecule has 0 fully saturated rings. The standard InChI is InChI=1S/C57H90O6/c1-4-7-10-13-16-18-20-22-24-25-26-27-28-29-30-31-33-34-36-38-41-44-47-50-56(59)62-53-54(52-61-55(58)49-46-43-40-15-12-9-6-3)63-57(60)51-48-45-42-39-37-35-32-23-21-19-17-14-11-8-5-2/h7-8,10-11,16-19,22-24,26-27,29-30,32,37,39,45,48,54H,4-6,9,12-15,20-21,25,28,31,33-36,38,40-44,46-47,49-53H2,1-3H3/b10-7-,11-8-,18-16-,19-17-,24-22-,27-26-,30-29-,32-23-,39-37-,48-45-. The Balaban J connectivity index is 4.38. The summed E-state index contributed by atoms with van der Waals surface area (Å²) in [5.74, 6) is -1.08. The topological polar surface area (TPSA) is 78.9 Å². The van der Waals surface area contributed by atoms with Gasteiger partial charge in [0.15, 0.2) is 6.10 Å². The molecule has 0 spiro atoms. The van der Waals surface area contributed by atoms with E-state index in [1.165, 1.54) is 51.4 Å². The summed E-state index contributed by atoms with van der Waals surface area (Å²) in [5.41, 5.74) is 0. The Hall–Kier alpha value is -4.19. The van der Waals surface area contributed by atoms with Gasteiger partial charge in [-0.15, -0.1) is 0 Å². The highest BCUT2D eigenvalue weighted by Gasteiger charge is 2.19. The molecular weight excluding hydrogens is 781 g/mol. The van der Waals surface area contributed by atoms with Crippen LogP contribution in [0.4, 0.5) is 0 Å². The fourth-order valence-corrected chi connectivity index (χ4v) is 6.31. The normalized spacial score (nSPS) is 13.1. The number of hydrogen-bond donors (Lipinski definition) is 0. The van der Waals surface area contributed by atoms with E-state index in [0.29, 0.717) is 19.3 Å². The minimum absolute atomic E-state index is 0.0906. The van der Waals surface area contributed by atoms with Gasteiger partial charge in [0.2, 0.25) is 0 Å². The number of esters is 3. The maximum atomic E-state index is 12.7. The Bertz CT molecular complexity index is 1370. The van der Waals surface area contributed by atoms with E-state index in [9.17, 15) is 14.4 Å². The fraction of sp³-hybridized carbons (Fsp3) is 0.596. The van der Waals surface area contributed by atoms with Crippen LogP contribution in [0.1, 0.15) is 201 Å². The van der Waals surface area contributed by atoms with Gasteiger partial charge in [0.05, 0.1) is 6.42 Å². The fourth-order valence-electron chi connectivity index (χ4n) is 6.31. The smallest absolute Gasteiger partial charge is 0.310 e.